The molecule has 37 heavy (non-hydrogen) atoms. The summed E-state index contributed by atoms with van der Waals surface area (Å²) < 4.78 is 58.5. The molecule has 6 atom stereocenters. The van der Waals surface area contributed by atoms with Crippen molar-refractivity contribution < 1.29 is 70.8 Å². The van der Waals surface area contributed by atoms with Gasteiger partial charge in [-0.3, -0.25) is 28.8 Å². The highest BCUT2D eigenvalue weighted by Crippen LogP contribution is 2.37. The average molecular weight is 537 g/mol. The van der Waals surface area contributed by atoms with Gasteiger partial charge in [0.05, 0.1) is 19.6 Å². The summed E-state index contributed by atoms with van der Waals surface area (Å²) in [5.74, 6) is -10.5. The van der Waals surface area contributed by atoms with Crippen LogP contribution < -0.4 is 5.32 Å². The van der Waals surface area contributed by atoms with E-state index in [4.69, 9.17) is 37.3 Å². The highest BCUT2D eigenvalue weighted by molar-refractivity contribution is 5.82. The van der Waals surface area contributed by atoms with Gasteiger partial charge in [-0.25, -0.2) is 4.79 Å². The summed E-state index contributed by atoms with van der Waals surface area (Å²) in [4.78, 5) is 85.0. The number of hydrogen-bond acceptors (Lipinski definition) is 14. The molecule has 0 spiro atoms. The first-order valence-electron chi connectivity index (χ1n) is 12.2. The number of nitrogens with one attached hydrogen (secondary N) is 1. The van der Waals surface area contributed by atoms with Crippen LogP contribution in [0.2, 0.25) is 0 Å². The van der Waals surface area contributed by atoms with E-state index in [1.54, 1.807) is 0 Å². The lowest BCUT2D eigenvalue weighted by Crippen LogP contribution is -2.69. The van der Waals surface area contributed by atoms with E-state index in [0.717, 1.165) is 41.7 Å². The van der Waals surface area contributed by atoms with Crippen LogP contribution in [-0.2, 0) is 66.7 Å². The van der Waals surface area contributed by atoms with Gasteiger partial charge >= 0.3 is 41.6 Å². The molecule has 1 rings (SSSR count). The first-order valence-corrected chi connectivity index (χ1v) is 10.7. The topological polar surface area (TPSA) is 196 Å². The average Bonchev–Trinajstić information content (AvgIpc) is 2.79. The second kappa shape index (κ2) is 13.5. The van der Waals surface area contributed by atoms with Crippen LogP contribution in [0, 0.1) is 0 Å². The molecule has 1 unspecified atom stereocenters. The highest BCUT2D eigenvalue weighted by atomic mass is 16.8. The fraction of sp³-hybridized carbons (Fsp3) is 0.682. The smallest absolute Gasteiger partial charge is 0.379 e. The van der Waals surface area contributed by atoms with Crippen molar-refractivity contribution in [3.05, 3.63) is 0 Å². The van der Waals surface area contributed by atoms with Crippen LogP contribution in [0.5, 0.6) is 0 Å². The fourth-order valence-electron chi connectivity index (χ4n) is 3.65. The molecule has 1 aliphatic heterocycles. The zero-order valence-electron chi connectivity index (χ0n) is 24.0. The molecule has 0 aliphatic carbocycles. The fourth-order valence-corrected chi connectivity index (χ4v) is 3.65. The number of ether oxygens (including phenoxy) is 7. The maximum atomic E-state index is 12.9. The summed E-state index contributed by atoms with van der Waals surface area (Å²) in [6.45, 7) is 0.739. The molecule has 15 nitrogen and oxygen atoms in total. The van der Waals surface area contributed by atoms with Crippen LogP contribution >= 0.6 is 0 Å². The van der Waals surface area contributed by atoms with Crippen molar-refractivity contribution in [2.24, 2.45) is 0 Å². The lowest BCUT2D eigenvalue weighted by molar-refractivity contribution is -0.304. The van der Waals surface area contributed by atoms with Crippen molar-refractivity contribution in [3.8, 4) is 0 Å². The van der Waals surface area contributed by atoms with Gasteiger partial charge in [0.25, 0.3) is 0 Å². The van der Waals surface area contributed by atoms with Gasteiger partial charge in [0.2, 0.25) is 5.91 Å². The lowest BCUT2D eigenvalue weighted by atomic mass is 9.88. The third kappa shape index (κ3) is 9.33. The number of amides is 1. The predicted octanol–water partition coefficient (Wildman–Crippen LogP) is -0.929. The zero-order chi connectivity index (χ0) is 31.0. The van der Waals surface area contributed by atoms with E-state index in [9.17, 15) is 33.6 Å². The summed E-state index contributed by atoms with van der Waals surface area (Å²) in [7, 11) is 0.904. The lowest BCUT2D eigenvalue weighted by Gasteiger charge is -2.48. The van der Waals surface area contributed by atoms with E-state index in [2.05, 4.69) is 5.32 Å². The van der Waals surface area contributed by atoms with Gasteiger partial charge in [-0.2, -0.15) is 0 Å². The van der Waals surface area contributed by atoms with Crippen molar-refractivity contribution in [1.82, 2.24) is 5.32 Å². The number of hydrogen-bond donors (Lipinski definition) is 1. The van der Waals surface area contributed by atoms with Crippen molar-refractivity contribution in [2.45, 2.75) is 84.1 Å². The monoisotopic (exact) mass is 536 g/mol. The molecule has 1 aliphatic rings. The minimum Gasteiger partial charge on any atom is -0.464 e. The van der Waals surface area contributed by atoms with Crippen LogP contribution in [0.25, 0.3) is 0 Å². The van der Waals surface area contributed by atoms with Crippen molar-refractivity contribution >= 4 is 41.7 Å². The zero-order valence-corrected chi connectivity index (χ0v) is 21.0. The minimum absolute atomic E-state index is 0.760. The summed E-state index contributed by atoms with van der Waals surface area (Å²) >= 11 is 0. The number of carbonyl (C=O) groups is 7. The van der Waals surface area contributed by atoms with E-state index >= 15 is 0 Å². The third-order valence-electron chi connectivity index (χ3n) is 4.73. The van der Waals surface area contributed by atoms with Crippen molar-refractivity contribution in [1.29, 1.82) is 0 Å². The van der Waals surface area contributed by atoms with Crippen LogP contribution in [-0.4, -0.2) is 91.7 Å². The molecule has 208 valence electrons. The maximum absolute atomic E-state index is 12.9. The number of carbonyl (C=O) groups excluding carboxylic acids is 7. The Hall–Kier alpha value is -3.75. The van der Waals surface area contributed by atoms with Crippen molar-refractivity contribution in [2.75, 3.05) is 13.7 Å². The Bertz CT molecular complexity index is 1020. The van der Waals surface area contributed by atoms with Gasteiger partial charge in [0, 0.05) is 45.6 Å². The molecule has 0 saturated carbocycles. The SMILES string of the molecule is [2H]C([2H])([2H])C(=O)N[C@H]1[C@H]([C@H](OC(C)=O)[C@H](COC(C)=O)OC(C)=O)OC(OC(C)=O)(C(=O)OC)C[C@@H]1OC(C)=O. The molecule has 1 fully saturated rings. The molecule has 0 aromatic heterocycles. The van der Waals surface area contributed by atoms with Crippen LogP contribution in [0.3, 0.4) is 0 Å². The van der Waals surface area contributed by atoms with E-state index in [-0.39, 0.29) is 0 Å². The molecule has 1 heterocycles. The number of rotatable bonds is 10. The summed E-state index contributed by atoms with van der Waals surface area (Å²) in [6, 6.07) is -1.75. The second-order valence-electron chi connectivity index (χ2n) is 7.80. The molecule has 1 amide bonds. The Kier molecular flexibility index (Phi) is 9.62. The van der Waals surface area contributed by atoms with Crippen molar-refractivity contribution in [3.63, 3.8) is 0 Å². The normalized spacial score (nSPS) is 25.9. The van der Waals surface area contributed by atoms with Gasteiger partial charge in [-0.1, -0.05) is 0 Å². The van der Waals surface area contributed by atoms with Crippen LogP contribution in [0.1, 0.15) is 52.0 Å². The van der Waals surface area contributed by atoms with E-state index < -0.39 is 97.8 Å². The van der Waals surface area contributed by atoms with Gasteiger partial charge in [-0.15, -0.1) is 0 Å². The minimum atomic E-state index is -3.25. The van der Waals surface area contributed by atoms with E-state index in [1.165, 1.54) is 0 Å². The Morgan fingerprint density at radius 3 is 2.03 bits per heavy atom. The van der Waals surface area contributed by atoms with Crippen LogP contribution in [0.15, 0.2) is 0 Å². The molecule has 1 N–H and O–H groups in total. The first-order chi connectivity index (χ1) is 18.3. The Balaban J connectivity index is 3.94. The second-order valence-corrected chi connectivity index (χ2v) is 7.80. The number of methoxy groups -OCH3 is 1. The quantitative estimate of drug-likeness (QED) is 0.265. The summed E-state index contributed by atoms with van der Waals surface area (Å²) in [6.07, 6.45) is -8.08. The molecule has 0 radical (unpaired) electrons. The summed E-state index contributed by atoms with van der Waals surface area (Å²) in [5.41, 5.74) is 0. The maximum Gasteiger partial charge on any atom is 0.379 e. The van der Waals surface area contributed by atoms with Gasteiger partial charge < -0.3 is 38.5 Å². The Labute approximate surface area is 216 Å². The standard InChI is InChI=1S/C22H31NO14/c1-10(24)23-18-16(33-12(3)26)8-22(21(30)31-7,36-15(6)29)37-20(18)19(35-14(5)28)17(34-13(4)27)9-32-11(2)25/h16-20H,8-9H2,1-7H3,(H,23,24)/t16-,17-,18+,19+,20+,22?/m0/s1/i1D3. The van der Waals surface area contributed by atoms with Gasteiger partial charge in [0.1, 0.15) is 18.8 Å². The Morgan fingerprint density at radius 1 is 0.946 bits per heavy atom. The third-order valence-corrected chi connectivity index (χ3v) is 4.73. The molecule has 0 aromatic rings. The first kappa shape index (κ1) is 26.3. The molecule has 15 heteroatoms. The van der Waals surface area contributed by atoms with Gasteiger partial charge in [0.15, 0.2) is 12.2 Å². The summed E-state index contributed by atoms with van der Waals surface area (Å²) in [5, 5.41) is 2.10. The van der Waals surface area contributed by atoms with E-state index in [1.807, 2.05) is 0 Å². The van der Waals surface area contributed by atoms with Gasteiger partial charge in [-0.05, 0) is 0 Å². The molecule has 1 saturated heterocycles. The molecule has 0 bridgehead atoms. The predicted molar refractivity (Wildman–Crippen MR) is 117 cm³/mol. The molecular formula is C22H31NO14. The van der Waals surface area contributed by atoms with E-state index in [0.29, 0.717) is 0 Å². The largest absolute Gasteiger partial charge is 0.464 e. The molecule has 0 aromatic carbocycles. The number of esters is 6. The highest BCUT2D eigenvalue weighted by Gasteiger charge is 2.60. The van der Waals surface area contributed by atoms with Crippen LogP contribution in [0.4, 0.5) is 0 Å². The molecular weight excluding hydrogens is 502 g/mol. The Morgan fingerprint density at radius 2 is 1.57 bits per heavy atom.